The molecule has 1 aliphatic carbocycles. The number of hydrogen-bond donors (Lipinski definition) is 2. The van der Waals surface area contributed by atoms with Gasteiger partial charge in [-0.15, -0.1) is 5.10 Å². The number of amides is 2. The van der Waals surface area contributed by atoms with Gasteiger partial charge in [-0.05, 0) is 57.7 Å². The van der Waals surface area contributed by atoms with Gasteiger partial charge in [-0.2, -0.15) is 0 Å². The van der Waals surface area contributed by atoms with Gasteiger partial charge in [0.15, 0.2) is 0 Å². The lowest BCUT2D eigenvalue weighted by molar-refractivity contribution is -0.122. The van der Waals surface area contributed by atoms with E-state index in [0.717, 1.165) is 30.4 Å². The maximum absolute atomic E-state index is 13.3. The third kappa shape index (κ3) is 4.29. The molecule has 10 nitrogen and oxygen atoms in total. The monoisotopic (exact) mass is 454 g/mol. The molecule has 4 rings (SSSR count). The highest BCUT2D eigenvalue weighted by molar-refractivity contribution is 5.98. The zero-order valence-electron chi connectivity index (χ0n) is 19.4. The van der Waals surface area contributed by atoms with E-state index in [-0.39, 0.29) is 47.8 Å². The van der Waals surface area contributed by atoms with Crippen molar-refractivity contribution in [2.45, 2.75) is 78.0 Å². The second-order valence-electron chi connectivity index (χ2n) is 8.87. The Labute approximate surface area is 190 Å². The molecule has 2 unspecified atom stereocenters. The molecule has 10 heteroatoms. The Hall–Kier alpha value is -3.43. The van der Waals surface area contributed by atoms with E-state index in [0.29, 0.717) is 16.5 Å². The highest BCUT2D eigenvalue weighted by Gasteiger charge is 2.30. The summed E-state index contributed by atoms with van der Waals surface area (Å²) in [5.74, 6) is -0.414. The third-order valence-electron chi connectivity index (χ3n) is 6.20. The molecule has 176 valence electrons. The van der Waals surface area contributed by atoms with Crippen molar-refractivity contribution in [1.82, 2.24) is 29.4 Å². The minimum Gasteiger partial charge on any atom is -0.352 e. The molecule has 2 N–H and O–H groups in total. The first-order chi connectivity index (χ1) is 15.7. The fourth-order valence-electron chi connectivity index (χ4n) is 3.76. The topological polar surface area (TPSA) is 120 Å². The first kappa shape index (κ1) is 22.8. The molecule has 1 aliphatic rings. The van der Waals surface area contributed by atoms with E-state index in [2.05, 4.69) is 15.7 Å². The first-order valence-electron chi connectivity index (χ1n) is 11.5. The molecule has 1 saturated carbocycles. The van der Waals surface area contributed by atoms with Crippen LogP contribution in [0.2, 0.25) is 0 Å². The molecule has 0 saturated heterocycles. The Balaban J connectivity index is 1.87. The number of fused-ring (bicyclic) bond motifs is 3. The third-order valence-corrected chi connectivity index (χ3v) is 6.20. The van der Waals surface area contributed by atoms with Gasteiger partial charge in [-0.25, -0.2) is 13.9 Å². The summed E-state index contributed by atoms with van der Waals surface area (Å²) >= 11 is 0. The van der Waals surface area contributed by atoms with Crippen LogP contribution < -0.4 is 21.9 Å². The number of hydrogen-bond acceptors (Lipinski definition) is 5. The van der Waals surface area contributed by atoms with Crippen LogP contribution in [0.15, 0.2) is 27.8 Å². The average molecular weight is 455 g/mol. The summed E-state index contributed by atoms with van der Waals surface area (Å²) < 4.78 is 3.95. The number of aromatic nitrogens is 4. The molecule has 0 bridgehead atoms. The molecule has 2 heterocycles. The van der Waals surface area contributed by atoms with Crippen LogP contribution in [-0.4, -0.2) is 42.6 Å². The van der Waals surface area contributed by atoms with Gasteiger partial charge in [0.25, 0.3) is 11.5 Å². The van der Waals surface area contributed by atoms with Crippen molar-refractivity contribution < 1.29 is 9.59 Å². The molecule has 0 spiro atoms. The molecule has 1 aromatic carbocycles. The lowest BCUT2D eigenvalue weighted by atomic mass is 10.1. The van der Waals surface area contributed by atoms with Gasteiger partial charge in [0, 0.05) is 23.7 Å². The van der Waals surface area contributed by atoms with Gasteiger partial charge in [0.1, 0.15) is 6.54 Å². The van der Waals surface area contributed by atoms with Crippen LogP contribution in [0.5, 0.6) is 0 Å². The van der Waals surface area contributed by atoms with Crippen molar-refractivity contribution in [3.8, 4) is 0 Å². The zero-order valence-corrected chi connectivity index (χ0v) is 19.4. The number of carbonyl (C=O) groups is 2. The van der Waals surface area contributed by atoms with Gasteiger partial charge in [-0.1, -0.05) is 13.8 Å². The minimum absolute atomic E-state index is 0.00872. The summed E-state index contributed by atoms with van der Waals surface area (Å²) in [6.07, 6.45) is 3.19. The summed E-state index contributed by atoms with van der Waals surface area (Å²) in [4.78, 5) is 51.7. The molecule has 0 radical (unpaired) electrons. The van der Waals surface area contributed by atoms with E-state index in [1.54, 1.807) is 18.2 Å². The van der Waals surface area contributed by atoms with Gasteiger partial charge in [0.2, 0.25) is 11.7 Å². The first-order valence-corrected chi connectivity index (χ1v) is 11.5. The van der Waals surface area contributed by atoms with E-state index in [1.165, 1.54) is 8.97 Å². The smallest absolute Gasteiger partial charge is 0.352 e. The molecule has 2 atom stereocenters. The molecule has 3 aromatic rings. The second kappa shape index (κ2) is 8.84. The van der Waals surface area contributed by atoms with Crippen molar-refractivity contribution >= 4 is 28.5 Å². The number of nitrogens with zero attached hydrogens (tertiary/aromatic N) is 4. The molecular formula is C23H30N6O4. The average Bonchev–Trinajstić information content (AvgIpc) is 3.57. The summed E-state index contributed by atoms with van der Waals surface area (Å²) in [6.45, 7) is 7.47. The molecule has 2 amide bonds. The van der Waals surface area contributed by atoms with Crippen molar-refractivity contribution in [3.63, 3.8) is 0 Å². The SMILES string of the molecule is CCC(C)NC(=O)Cn1nc2n(C3CC3)c(=O)c3ccc(C(=O)NC(C)CC)cc3n2c1=O. The highest BCUT2D eigenvalue weighted by atomic mass is 16.2. The largest absolute Gasteiger partial charge is 0.352 e. The molecule has 33 heavy (non-hydrogen) atoms. The standard InChI is InChI=1S/C23H30N6O4/c1-5-13(3)24-19(30)12-27-23(33)29-18-11-15(20(31)25-14(4)6-2)7-10-17(18)21(32)28(16-8-9-16)22(29)26-27/h7,10-11,13-14,16H,5-6,8-9,12H2,1-4H3,(H,24,30)(H,25,31). The Bertz CT molecular complexity index is 1350. The second-order valence-corrected chi connectivity index (χ2v) is 8.87. The summed E-state index contributed by atoms with van der Waals surface area (Å²) in [7, 11) is 0. The molecule has 2 aromatic heterocycles. The quantitative estimate of drug-likeness (QED) is 0.536. The van der Waals surface area contributed by atoms with E-state index >= 15 is 0 Å². The summed E-state index contributed by atoms with van der Waals surface area (Å²) in [6, 6.07) is 4.67. The van der Waals surface area contributed by atoms with Crippen LogP contribution in [-0.2, 0) is 11.3 Å². The maximum Gasteiger partial charge on any atom is 0.352 e. The van der Waals surface area contributed by atoms with Crippen LogP contribution in [0, 0.1) is 0 Å². The fraction of sp³-hybridized carbons (Fsp3) is 0.522. The number of benzene rings is 1. The van der Waals surface area contributed by atoms with Gasteiger partial charge in [0.05, 0.1) is 10.9 Å². The Morgan fingerprint density at radius 1 is 1.09 bits per heavy atom. The van der Waals surface area contributed by atoms with Crippen LogP contribution in [0.25, 0.3) is 16.7 Å². The summed E-state index contributed by atoms with van der Waals surface area (Å²) in [5, 5.41) is 10.4. The van der Waals surface area contributed by atoms with E-state index in [1.807, 2.05) is 27.7 Å². The Morgan fingerprint density at radius 2 is 1.76 bits per heavy atom. The number of carbonyl (C=O) groups excluding carboxylic acids is 2. The highest BCUT2D eigenvalue weighted by Crippen LogP contribution is 2.35. The molecule has 1 fully saturated rings. The van der Waals surface area contributed by atoms with Gasteiger partial charge >= 0.3 is 5.69 Å². The Morgan fingerprint density at radius 3 is 2.39 bits per heavy atom. The van der Waals surface area contributed by atoms with Gasteiger partial charge in [-0.3, -0.25) is 19.0 Å². The van der Waals surface area contributed by atoms with Crippen molar-refractivity contribution in [2.24, 2.45) is 0 Å². The molecular weight excluding hydrogens is 424 g/mol. The van der Waals surface area contributed by atoms with E-state index in [9.17, 15) is 19.2 Å². The van der Waals surface area contributed by atoms with E-state index < -0.39 is 5.69 Å². The van der Waals surface area contributed by atoms with Gasteiger partial charge < -0.3 is 10.6 Å². The fourth-order valence-corrected chi connectivity index (χ4v) is 3.76. The van der Waals surface area contributed by atoms with Crippen molar-refractivity contribution in [1.29, 1.82) is 0 Å². The lowest BCUT2D eigenvalue weighted by Gasteiger charge is -2.13. The molecule has 0 aliphatic heterocycles. The number of rotatable bonds is 8. The van der Waals surface area contributed by atoms with Crippen LogP contribution in [0.4, 0.5) is 0 Å². The number of nitrogens with one attached hydrogen (secondary N) is 2. The maximum atomic E-state index is 13.3. The van der Waals surface area contributed by atoms with Crippen molar-refractivity contribution in [2.75, 3.05) is 0 Å². The zero-order chi connectivity index (χ0) is 23.9. The summed E-state index contributed by atoms with van der Waals surface area (Å²) in [5.41, 5.74) is -0.123. The lowest BCUT2D eigenvalue weighted by Crippen LogP contribution is -2.37. The minimum atomic E-state index is -0.525. The van der Waals surface area contributed by atoms with Crippen LogP contribution in [0.3, 0.4) is 0 Å². The Kier molecular flexibility index (Phi) is 6.09. The van der Waals surface area contributed by atoms with Crippen LogP contribution in [0.1, 0.15) is 69.8 Å². The predicted octanol–water partition coefficient (Wildman–Crippen LogP) is 1.59. The van der Waals surface area contributed by atoms with Crippen LogP contribution >= 0.6 is 0 Å². The predicted molar refractivity (Wildman–Crippen MR) is 125 cm³/mol. The van der Waals surface area contributed by atoms with Crippen molar-refractivity contribution in [3.05, 3.63) is 44.6 Å². The van der Waals surface area contributed by atoms with E-state index in [4.69, 9.17) is 0 Å². The normalized spacial score (nSPS) is 15.5.